The molecule has 1 fully saturated rings. The SMILES string of the molecule is CN(C=O)c1ccc(O)c(-c2cnc(NCC3(c4ncccc4F)CCC3)nc2)c1. The van der Waals surface area contributed by atoms with Crippen molar-refractivity contribution in [1.82, 2.24) is 15.0 Å². The number of carbonyl (C=O) groups excluding carboxylic acids is 1. The predicted molar refractivity (Wildman–Crippen MR) is 112 cm³/mol. The molecule has 2 heterocycles. The van der Waals surface area contributed by atoms with Gasteiger partial charge >= 0.3 is 0 Å². The monoisotopic (exact) mass is 407 g/mol. The van der Waals surface area contributed by atoms with Crippen LogP contribution in [0.5, 0.6) is 5.75 Å². The van der Waals surface area contributed by atoms with Gasteiger partial charge in [0.2, 0.25) is 12.4 Å². The van der Waals surface area contributed by atoms with Crippen molar-refractivity contribution < 1.29 is 14.3 Å². The van der Waals surface area contributed by atoms with Gasteiger partial charge in [0.15, 0.2) is 0 Å². The number of aromatic nitrogens is 3. The second kappa shape index (κ2) is 8.06. The molecule has 0 unspecified atom stereocenters. The fraction of sp³-hybridized carbons (Fsp3) is 0.273. The largest absolute Gasteiger partial charge is 0.507 e. The number of nitrogens with one attached hydrogen (secondary N) is 1. The van der Waals surface area contributed by atoms with Crippen LogP contribution in [0.3, 0.4) is 0 Å². The van der Waals surface area contributed by atoms with Crippen molar-refractivity contribution in [2.75, 3.05) is 23.8 Å². The van der Waals surface area contributed by atoms with Crippen molar-refractivity contribution in [3.63, 3.8) is 0 Å². The average Bonchev–Trinajstić information content (AvgIpc) is 2.74. The molecule has 0 bridgehead atoms. The fourth-order valence-electron chi connectivity index (χ4n) is 3.72. The van der Waals surface area contributed by atoms with Crippen molar-refractivity contribution in [2.24, 2.45) is 0 Å². The Balaban J connectivity index is 1.51. The number of phenolic OH excluding ortho intramolecular Hbond substituents is 1. The Morgan fingerprint density at radius 3 is 2.63 bits per heavy atom. The molecule has 8 heteroatoms. The standard InChI is InChI=1S/C22H22FN5O2/c1-28(14-29)16-5-6-19(30)17(10-16)15-11-25-21(26-12-15)27-13-22(7-3-8-22)20-18(23)4-2-9-24-20/h2,4-6,9-12,14,30H,3,7-8,13H2,1H3,(H,25,26,27). The molecule has 0 aliphatic heterocycles. The quantitative estimate of drug-likeness (QED) is 0.583. The van der Waals surface area contributed by atoms with Gasteiger partial charge in [-0.3, -0.25) is 9.78 Å². The van der Waals surface area contributed by atoms with Crippen LogP contribution in [0, 0.1) is 5.82 Å². The van der Waals surface area contributed by atoms with Gasteiger partial charge in [0, 0.05) is 54.4 Å². The molecule has 1 aliphatic rings. The number of carbonyl (C=O) groups is 1. The summed E-state index contributed by atoms with van der Waals surface area (Å²) < 4.78 is 14.3. The van der Waals surface area contributed by atoms with E-state index in [1.807, 2.05) is 0 Å². The number of anilines is 2. The highest BCUT2D eigenvalue weighted by Gasteiger charge is 2.41. The van der Waals surface area contributed by atoms with Gasteiger partial charge in [-0.1, -0.05) is 6.42 Å². The summed E-state index contributed by atoms with van der Waals surface area (Å²) in [6.07, 6.45) is 8.26. The Labute approximate surface area is 173 Å². The lowest BCUT2D eigenvalue weighted by Gasteiger charge is -2.41. The third kappa shape index (κ3) is 3.68. The van der Waals surface area contributed by atoms with Crippen molar-refractivity contribution in [3.8, 4) is 16.9 Å². The molecule has 0 saturated heterocycles. The minimum Gasteiger partial charge on any atom is -0.507 e. The number of nitrogens with zero attached hydrogens (tertiary/aromatic N) is 4. The lowest BCUT2D eigenvalue weighted by molar-refractivity contribution is -0.107. The van der Waals surface area contributed by atoms with E-state index in [-0.39, 0.29) is 17.0 Å². The van der Waals surface area contributed by atoms with E-state index in [1.165, 1.54) is 17.0 Å². The summed E-state index contributed by atoms with van der Waals surface area (Å²) in [6, 6.07) is 7.91. The number of aromatic hydroxyl groups is 1. The Bertz CT molecular complexity index is 1050. The smallest absolute Gasteiger partial charge is 0.222 e. The van der Waals surface area contributed by atoms with Gasteiger partial charge in [-0.15, -0.1) is 0 Å². The molecule has 30 heavy (non-hydrogen) atoms. The van der Waals surface area contributed by atoms with Gasteiger partial charge in [0.25, 0.3) is 0 Å². The molecular weight excluding hydrogens is 385 g/mol. The van der Waals surface area contributed by atoms with Crippen LogP contribution in [0.15, 0.2) is 48.9 Å². The maximum atomic E-state index is 14.3. The van der Waals surface area contributed by atoms with Gasteiger partial charge in [0.1, 0.15) is 11.6 Å². The molecule has 0 atom stereocenters. The highest BCUT2D eigenvalue weighted by atomic mass is 19.1. The van der Waals surface area contributed by atoms with Crippen LogP contribution in [-0.4, -0.2) is 40.1 Å². The van der Waals surface area contributed by atoms with Crippen LogP contribution in [0.2, 0.25) is 0 Å². The number of amides is 1. The number of halogens is 1. The van der Waals surface area contributed by atoms with Crippen LogP contribution in [0.4, 0.5) is 16.0 Å². The van der Waals surface area contributed by atoms with Crippen LogP contribution < -0.4 is 10.2 Å². The van der Waals surface area contributed by atoms with Gasteiger partial charge < -0.3 is 15.3 Å². The number of hydrogen-bond acceptors (Lipinski definition) is 6. The van der Waals surface area contributed by atoms with E-state index in [4.69, 9.17) is 0 Å². The van der Waals surface area contributed by atoms with E-state index >= 15 is 0 Å². The normalized spacial score (nSPS) is 14.6. The van der Waals surface area contributed by atoms with Gasteiger partial charge in [0.05, 0.1) is 5.69 Å². The third-order valence-electron chi connectivity index (χ3n) is 5.66. The molecule has 1 saturated carbocycles. The molecular formula is C22H22FN5O2. The Hall–Kier alpha value is -3.55. The summed E-state index contributed by atoms with van der Waals surface area (Å²) in [5.74, 6) is 0.203. The van der Waals surface area contributed by atoms with E-state index in [9.17, 15) is 14.3 Å². The molecule has 3 aromatic rings. The van der Waals surface area contributed by atoms with Crippen molar-refractivity contribution in [1.29, 1.82) is 0 Å². The summed E-state index contributed by atoms with van der Waals surface area (Å²) in [5.41, 5.74) is 1.93. The van der Waals surface area contributed by atoms with Gasteiger partial charge in [-0.05, 0) is 43.2 Å². The fourth-order valence-corrected chi connectivity index (χ4v) is 3.72. The second-order valence-electron chi connectivity index (χ2n) is 7.53. The van der Waals surface area contributed by atoms with Gasteiger partial charge in [-0.2, -0.15) is 0 Å². The minimum atomic E-state index is -0.348. The number of hydrogen-bond donors (Lipinski definition) is 2. The van der Waals surface area contributed by atoms with Crippen LogP contribution >= 0.6 is 0 Å². The first kappa shape index (κ1) is 19.8. The Morgan fingerprint density at radius 2 is 2.00 bits per heavy atom. The molecule has 2 N–H and O–H groups in total. The third-order valence-corrected chi connectivity index (χ3v) is 5.66. The van der Waals surface area contributed by atoms with E-state index in [2.05, 4.69) is 20.3 Å². The molecule has 0 radical (unpaired) electrons. The number of phenols is 1. The minimum absolute atomic E-state index is 0.0707. The molecule has 4 rings (SSSR count). The molecule has 1 amide bonds. The van der Waals surface area contributed by atoms with E-state index in [0.29, 0.717) is 41.4 Å². The first-order valence-corrected chi connectivity index (χ1v) is 9.71. The average molecular weight is 407 g/mol. The Morgan fingerprint density at radius 1 is 1.23 bits per heavy atom. The lowest BCUT2D eigenvalue weighted by atomic mass is 9.66. The zero-order valence-electron chi connectivity index (χ0n) is 16.5. The zero-order valence-corrected chi connectivity index (χ0v) is 16.5. The molecule has 1 aliphatic carbocycles. The molecule has 154 valence electrons. The van der Waals surface area contributed by atoms with E-state index in [0.717, 1.165) is 19.3 Å². The number of pyridine rings is 1. The topological polar surface area (TPSA) is 91.2 Å². The number of rotatable bonds is 7. The van der Waals surface area contributed by atoms with E-state index < -0.39 is 0 Å². The maximum Gasteiger partial charge on any atom is 0.222 e. The van der Waals surface area contributed by atoms with Gasteiger partial charge in [-0.25, -0.2) is 14.4 Å². The first-order chi connectivity index (χ1) is 14.5. The van der Waals surface area contributed by atoms with Crippen LogP contribution in [0.25, 0.3) is 11.1 Å². The molecule has 1 aromatic carbocycles. The molecule has 0 spiro atoms. The number of benzene rings is 1. The first-order valence-electron chi connectivity index (χ1n) is 9.71. The highest BCUT2D eigenvalue weighted by Crippen LogP contribution is 2.43. The zero-order chi connectivity index (χ0) is 21.1. The highest BCUT2D eigenvalue weighted by molar-refractivity contribution is 5.80. The Kier molecular flexibility index (Phi) is 5.31. The maximum absolute atomic E-state index is 14.3. The summed E-state index contributed by atoms with van der Waals surface area (Å²) in [5, 5.41) is 13.4. The summed E-state index contributed by atoms with van der Waals surface area (Å²) in [7, 11) is 1.63. The van der Waals surface area contributed by atoms with Crippen LogP contribution in [0.1, 0.15) is 25.0 Å². The van der Waals surface area contributed by atoms with Crippen molar-refractivity contribution >= 4 is 18.0 Å². The second-order valence-corrected chi connectivity index (χ2v) is 7.53. The van der Waals surface area contributed by atoms with Crippen molar-refractivity contribution in [3.05, 3.63) is 60.4 Å². The summed E-state index contributed by atoms with van der Waals surface area (Å²) in [4.78, 5) is 25.3. The van der Waals surface area contributed by atoms with Crippen LogP contribution in [-0.2, 0) is 10.2 Å². The molecule has 7 nitrogen and oxygen atoms in total. The molecule has 2 aromatic heterocycles. The van der Waals surface area contributed by atoms with E-state index in [1.54, 1.807) is 43.8 Å². The van der Waals surface area contributed by atoms with Crippen molar-refractivity contribution in [2.45, 2.75) is 24.7 Å². The summed E-state index contributed by atoms with van der Waals surface area (Å²) >= 11 is 0. The summed E-state index contributed by atoms with van der Waals surface area (Å²) in [6.45, 7) is 0.491. The lowest BCUT2D eigenvalue weighted by Crippen LogP contribution is -2.42. The predicted octanol–water partition coefficient (Wildman–Crippen LogP) is 3.51.